The van der Waals surface area contributed by atoms with Gasteiger partial charge in [0.05, 0.1) is 18.8 Å². The number of ether oxygens (including phenoxy) is 1. The minimum atomic E-state index is -0.168. The quantitative estimate of drug-likeness (QED) is 0.806. The number of anilines is 2. The summed E-state index contributed by atoms with van der Waals surface area (Å²) in [4.78, 5) is 17.1. The maximum absolute atomic E-state index is 12.6. The predicted octanol–water partition coefficient (Wildman–Crippen LogP) is 3.61. The highest BCUT2D eigenvalue weighted by molar-refractivity contribution is 9.10. The van der Waals surface area contributed by atoms with Crippen molar-refractivity contribution in [1.82, 2.24) is 4.90 Å². The number of benzene rings is 2. The van der Waals surface area contributed by atoms with Gasteiger partial charge in [0.25, 0.3) is 0 Å². The molecular formula is C20H24BrN3O2. The average molecular weight is 418 g/mol. The summed E-state index contributed by atoms with van der Waals surface area (Å²) in [5.74, 6) is 0.917. The third-order valence-corrected chi connectivity index (χ3v) is 5.31. The summed E-state index contributed by atoms with van der Waals surface area (Å²) in [7, 11) is 1.70. The van der Waals surface area contributed by atoms with Crippen molar-refractivity contribution >= 4 is 33.2 Å². The average Bonchev–Trinajstić information content (AvgIpc) is 2.69. The van der Waals surface area contributed by atoms with Crippen LogP contribution < -0.4 is 15.0 Å². The van der Waals surface area contributed by atoms with Crippen LogP contribution in [0.25, 0.3) is 0 Å². The number of amides is 1. The van der Waals surface area contributed by atoms with Crippen molar-refractivity contribution < 1.29 is 9.53 Å². The molecule has 6 heteroatoms. The van der Waals surface area contributed by atoms with E-state index < -0.39 is 0 Å². The first kappa shape index (κ1) is 18.7. The zero-order valence-electron chi connectivity index (χ0n) is 15.1. The van der Waals surface area contributed by atoms with Crippen LogP contribution in [0.1, 0.15) is 6.92 Å². The first-order valence-electron chi connectivity index (χ1n) is 8.77. The van der Waals surface area contributed by atoms with Crippen LogP contribution in [0.2, 0.25) is 0 Å². The molecule has 0 unspecified atom stereocenters. The number of carbonyl (C=O) groups is 1. The van der Waals surface area contributed by atoms with Crippen LogP contribution in [0.4, 0.5) is 11.4 Å². The van der Waals surface area contributed by atoms with Crippen LogP contribution in [0.3, 0.4) is 0 Å². The number of rotatable bonds is 5. The predicted molar refractivity (Wildman–Crippen MR) is 109 cm³/mol. The van der Waals surface area contributed by atoms with Gasteiger partial charge in [-0.3, -0.25) is 9.69 Å². The molecule has 3 rings (SSSR count). The number of nitrogens with one attached hydrogen (secondary N) is 1. The van der Waals surface area contributed by atoms with Crippen LogP contribution in [0.5, 0.6) is 5.75 Å². The summed E-state index contributed by atoms with van der Waals surface area (Å²) >= 11 is 3.40. The van der Waals surface area contributed by atoms with E-state index in [-0.39, 0.29) is 11.9 Å². The Bertz CT molecular complexity index is 743. The van der Waals surface area contributed by atoms with Gasteiger partial charge in [-0.05, 0) is 43.3 Å². The number of hydrogen-bond donors (Lipinski definition) is 1. The van der Waals surface area contributed by atoms with Gasteiger partial charge >= 0.3 is 0 Å². The van der Waals surface area contributed by atoms with Crippen molar-refractivity contribution in [1.29, 1.82) is 0 Å². The van der Waals surface area contributed by atoms with E-state index in [1.165, 1.54) is 0 Å². The second-order valence-corrected chi connectivity index (χ2v) is 7.28. The number of nitrogens with zero attached hydrogens (tertiary/aromatic N) is 2. The molecule has 1 amide bonds. The molecule has 0 aliphatic carbocycles. The van der Waals surface area contributed by atoms with Gasteiger partial charge in [0.1, 0.15) is 5.75 Å². The second kappa shape index (κ2) is 8.56. The van der Waals surface area contributed by atoms with Crippen molar-refractivity contribution in [3.8, 4) is 5.75 Å². The van der Waals surface area contributed by atoms with Gasteiger partial charge in [-0.2, -0.15) is 0 Å². The zero-order valence-corrected chi connectivity index (χ0v) is 16.7. The van der Waals surface area contributed by atoms with Gasteiger partial charge < -0.3 is 15.0 Å². The van der Waals surface area contributed by atoms with E-state index in [0.717, 1.165) is 47.8 Å². The smallest absolute Gasteiger partial charge is 0.241 e. The van der Waals surface area contributed by atoms with Gasteiger partial charge in [-0.15, -0.1) is 0 Å². The zero-order chi connectivity index (χ0) is 18.5. The molecule has 0 spiro atoms. The molecule has 1 saturated heterocycles. The molecule has 0 bridgehead atoms. The Morgan fingerprint density at radius 2 is 1.73 bits per heavy atom. The molecule has 2 aromatic rings. The summed E-state index contributed by atoms with van der Waals surface area (Å²) in [5.41, 5.74) is 1.93. The lowest BCUT2D eigenvalue weighted by atomic mass is 10.2. The SMILES string of the molecule is COc1ccccc1N1CCN([C@@H](C)C(=O)Nc2ccc(Br)cc2)CC1. The minimum absolute atomic E-state index is 0.0260. The lowest BCUT2D eigenvalue weighted by Crippen LogP contribution is -2.52. The number of piperazine rings is 1. The van der Waals surface area contributed by atoms with E-state index in [4.69, 9.17) is 4.74 Å². The van der Waals surface area contributed by atoms with Gasteiger partial charge in [-0.1, -0.05) is 28.1 Å². The molecule has 1 N–H and O–H groups in total. The standard InChI is InChI=1S/C20H24BrN3O2/c1-15(20(25)22-17-9-7-16(21)8-10-17)23-11-13-24(14-12-23)18-5-3-4-6-19(18)26-2/h3-10,15H,11-14H2,1-2H3,(H,22,25)/t15-/m0/s1. The fourth-order valence-electron chi connectivity index (χ4n) is 3.19. The lowest BCUT2D eigenvalue weighted by molar-refractivity contribution is -0.120. The van der Waals surface area contributed by atoms with E-state index in [1.54, 1.807) is 7.11 Å². The van der Waals surface area contributed by atoms with E-state index in [2.05, 4.69) is 37.1 Å². The molecule has 1 heterocycles. The van der Waals surface area contributed by atoms with Crippen molar-refractivity contribution in [2.45, 2.75) is 13.0 Å². The number of carbonyl (C=O) groups excluding carboxylic acids is 1. The number of methoxy groups -OCH3 is 1. The normalized spacial score (nSPS) is 16.2. The molecule has 1 fully saturated rings. The van der Waals surface area contributed by atoms with Gasteiger partial charge in [0.2, 0.25) is 5.91 Å². The number of para-hydroxylation sites is 2. The van der Waals surface area contributed by atoms with Gasteiger partial charge in [-0.25, -0.2) is 0 Å². The highest BCUT2D eigenvalue weighted by Crippen LogP contribution is 2.28. The first-order chi connectivity index (χ1) is 12.6. The van der Waals surface area contributed by atoms with Crippen molar-refractivity contribution in [2.24, 2.45) is 0 Å². The minimum Gasteiger partial charge on any atom is -0.495 e. The largest absolute Gasteiger partial charge is 0.495 e. The van der Waals surface area contributed by atoms with Gasteiger partial charge in [0.15, 0.2) is 0 Å². The van der Waals surface area contributed by atoms with Crippen molar-refractivity contribution in [3.05, 3.63) is 53.0 Å². The maximum atomic E-state index is 12.6. The fraction of sp³-hybridized carbons (Fsp3) is 0.350. The number of hydrogen-bond acceptors (Lipinski definition) is 4. The van der Waals surface area contributed by atoms with Crippen LogP contribution in [-0.2, 0) is 4.79 Å². The number of halogens is 1. The molecule has 0 saturated carbocycles. The summed E-state index contributed by atoms with van der Waals surface area (Å²) in [5, 5.41) is 2.99. The van der Waals surface area contributed by atoms with Crippen LogP contribution in [0, 0.1) is 0 Å². The molecule has 138 valence electrons. The summed E-state index contributed by atoms with van der Waals surface area (Å²) in [6, 6.07) is 15.5. The molecule has 1 aliphatic rings. The van der Waals surface area contributed by atoms with Crippen LogP contribution in [0.15, 0.2) is 53.0 Å². The molecule has 2 aromatic carbocycles. The Balaban J connectivity index is 1.57. The summed E-state index contributed by atoms with van der Waals surface area (Å²) in [6.07, 6.45) is 0. The molecule has 5 nitrogen and oxygen atoms in total. The molecule has 1 atom stereocenters. The van der Waals surface area contributed by atoms with E-state index >= 15 is 0 Å². The Kier molecular flexibility index (Phi) is 6.16. The Hall–Kier alpha value is -2.05. The lowest BCUT2D eigenvalue weighted by Gasteiger charge is -2.38. The van der Waals surface area contributed by atoms with E-state index in [9.17, 15) is 4.79 Å². The molecule has 0 radical (unpaired) electrons. The van der Waals surface area contributed by atoms with E-state index in [1.807, 2.05) is 49.4 Å². The maximum Gasteiger partial charge on any atom is 0.241 e. The molecule has 26 heavy (non-hydrogen) atoms. The Morgan fingerprint density at radius 1 is 1.08 bits per heavy atom. The highest BCUT2D eigenvalue weighted by Gasteiger charge is 2.26. The molecule has 1 aliphatic heterocycles. The van der Waals surface area contributed by atoms with Crippen LogP contribution >= 0.6 is 15.9 Å². The third kappa shape index (κ3) is 4.37. The highest BCUT2D eigenvalue weighted by atomic mass is 79.9. The van der Waals surface area contributed by atoms with Crippen molar-refractivity contribution in [2.75, 3.05) is 43.5 Å². The fourth-order valence-corrected chi connectivity index (χ4v) is 3.45. The van der Waals surface area contributed by atoms with E-state index in [0.29, 0.717) is 0 Å². The third-order valence-electron chi connectivity index (χ3n) is 4.78. The molecule has 0 aromatic heterocycles. The first-order valence-corrected chi connectivity index (χ1v) is 9.56. The monoisotopic (exact) mass is 417 g/mol. The van der Waals surface area contributed by atoms with Gasteiger partial charge in [0, 0.05) is 36.3 Å². The van der Waals surface area contributed by atoms with Crippen LogP contribution in [-0.4, -0.2) is 50.1 Å². The Morgan fingerprint density at radius 3 is 2.38 bits per heavy atom. The summed E-state index contributed by atoms with van der Waals surface area (Å²) < 4.78 is 6.46. The second-order valence-electron chi connectivity index (χ2n) is 6.37. The topological polar surface area (TPSA) is 44.8 Å². The summed E-state index contributed by atoms with van der Waals surface area (Å²) in [6.45, 7) is 5.39. The Labute approximate surface area is 163 Å². The molecular weight excluding hydrogens is 394 g/mol. The van der Waals surface area contributed by atoms with Crippen molar-refractivity contribution in [3.63, 3.8) is 0 Å².